The van der Waals surface area contributed by atoms with Gasteiger partial charge in [0.2, 0.25) is 11.9 Å². The molecule has 1 aliphatic rings. The molecule has 1 aliphatic heterocycles. The minimum atomic E-state index is -4.39. The smallest absolute Gasteiger partial charge is 0.378 e. The maximum atomic E-state index is 12.5. The van der Waals surface area contributed by atoms with E-state index in [1.165, 1.54) is 23.7 Å². The second-order valence-electron chi connectivity index (χ2n) is 5.82. The fourth-order valence-electron chi connectivity index (χ4n) is 2.54. The Balaban J connectivity index is 1.64. The molecule has 26 heavy (non-hydrogen) atoms. The Hall–Kier alpha value is -2.14. The number of imidazole rings is 1. The molecule has 3 heterocycles. The van der Waals surface area contributed by atoms with Gasteiger partial charge in [-0.05, 0) is 6.92 Å². The van der Waals surface area contributed by atoms with Gasteiger partial charge in [0.1, 0.15) is 6.54 Å². The van der Waals surface area contributed by atoms with Crippen molar-refractivity contribution in [1.82, 2.24) is 14.5 Å². The van der Waals surface area contributed by atoms with Crippen molar-refractivity contribution in [3.05, 3.63) is 23.0 Å². The van der Waals surface area contributed by atoms with Crippen LogP contribution >= 0.6 is 11.3 Å². The monoisotopic (exact) mass is 389 g/mol. The van der Waals surface area contributed by atoms with Crippen LogP contribution in [0, 0.1) is 6.92 Å². The number of nitrogens with zero attached hydrogens (tertiary/aromatic N) is 4. The van der Waals surface area contributed by atoms with Crippen LogP contribution in [-0.4, -0.2) is 52.9 Å². The van der Waals surface area contributed by atoms with Crippen LogP contribution in [0.2, 0.25) is 0 Å². The predicted octanol–water partition coefficient (Wildman–Crippen LogP) is 2.23. The minimum absolute atomic E-state index is 0.0344. The van der Waals surface area contributed by atoms with Crippen LogP contribution in [0.15, 0.2) is 12.4 Å². The molecule has 11 heteroatoms. The summed E-state index contributed by atoms with van der Waals surface area (Å²) in [5, 5.41) is 3.26. The molecule has 7 nitrogen and oxygen atoms in total. The van der Waals surface area contributed by atoms with E-state index in [0.29, 0.717) is 13.2 Å². The number of thiazole rings is 1. The number of rotatable bonds is 5. The SMILES string of the molecule is Cc1nc(N2CCOCC2)sc1CC(=O)Nc1nccn1CC(F)(F)F. The number of ether oxygens (including phenoxy) is 1. The van der Waals surface area contributed by atoms with Crippen molar-refractivity contribution in [2.24, 2.45) is 0 Å². The molecule has 0 aliphatic carbocycles. The van der Waals surface area contributed by atoms with E-state index in [9.17, 15) is 18.0 Å². The van der Waals surface area contributed by atoms with Gasteiger partial charge < -0.3 is 14.2 Å². The molecule has 0 saturated carbocycles. The van der Waals surface area contributed by atoms with E-state index >= 15 is 0 Å². The first-order valence-electron chi connectivity index (χ1n) is 7.98. The molecule has 142 valence electrons. The molecule has 0 unspecified atom stereocenters. The summed E-state index contributed by atoms with van der Waals surface area (Å²) in [5.41, 5.74) is 0.741. The van der Waals surface area contributed by atoms with Crippen molar-refractivity contribution in [3.8, 4) is 0 Å². The van der Waals surface area contributed by atoms with Crippen LogP contribution in [0.25, 0.3) is 0 Å². The number of carbonyl (C=O) groups is 1. The first-order valence-corrected chi connectivity index (χ1v) is 8.80. The lowest BCUT2D eigenvalue weighted by Gasteiger charge is -2.26. The number of alkyl halides is 3. The van der Waals surface area contributed by atoms with Gasteiger partial charge in [0.05, 0.1) is 25.3 Å². The van der Waals surface area contributed by atoms with Gasteiger partial charge in [-0.1, -0.05) is 0 Å². The third-order valence-electron chi connectivity index (χ3n) is 3.80. The summed E-state index contributed by atoms with van der Waals surface area (Å²) in [5.74, 6) is -0.553. The molecule has 1 amide bonds. The standard InChI is InChI=1S/C15H18F3N5O2S/c1-10-11(26-14(20-10)22-4-6-25-7-5-22)8-12(24)21-13-19-2-3-23(13)9-15(16,17)18/h2-3H,4-9H2,1H3,(H,19,21,24). The second kappa shape index (κ2) is 7.62. The minimum Gasteiger partial charge on any atom is -0.378 e. The van der Waals surface area contributed by atoms with Crippen molar-refractivity contribution in [2.45, 2.75) is 26.1 Å². The topological polar surface area (TPSA) is 72.3 Å². The average molecular weight is 389 g/mol. The maximum absolute atomic E-state index is 12.5. The molecule has 1 fully saturated rings. The van der Waals surface area contributed by atoms with Crippen molar-refractivity contribution in [2.75, 3.05) is 36.5 Å². The average Bonchev–Trinajstić information content (AvgIpc) is 3.14. The molecule has 2 aromatic heterocycles. The molecule has 0 aromatic carbocycles. The van der Waals surface area contributed by atoms with E-state index < -0.39 is 18.6 Å². The van der Waals surface area contributed by atoms with Gasteiger partial charge in [0, 0.05) is 30.4 Å². The van der Waals surface area contributed by atoms with Crippen LogP contribution in [0.4, 0.5) is 24.3 Å². The highest BCUT2D eigenvalue weighted by atomic mass is 32.1. The zero-order chi connectivity index (χ0) is 18.7. The summed E-state index contributed by atoms with van der Waals surface area (Å²) in [7, 11) is 0. The highest BCUT2D eigenvalue weighted by Gasteiger charge is 2.29. The molecular formula is C15H18F3N5O2S. The van der Waals surface area contributed by atoms with Crippen LogP contribution in [0.5, 0.6) is 0 Å². The number of anilines is 2. The fraction of sp³-hybridized carbons (Fsp3) is 0.533. The van der Waals surface area contributed by atoms with E-state index in [2.05, 4.69) is 20.2 Å². The number of morpholine rings is 1. The van der Waals surface area contributed by atoms with E-state index in [1.54, 1.807) is 0 Å². The van der Waals surface area contributed by atoms with Gasteiger partial charge in [-0.3, -0.25) is 10.1 Å². The lowest BCUT2D eigenvalue weighted by atomic mass is 10.3. The molecule has 0 bridgehead atoms. The number of amides is 1. The Kier molecular flexibility index (Phi) is 5.47. The van der Waals surface area contributed by atoms with Gasteiger partial charge in [-0.2, -0.15) is 13.2 Å². The Morgan fingerprint density at radius 2 is 2.12 bits per heavy atom. The Morgan fingerprint density at radius 1 is 1.38 bits per heavy atom. The van der Waals surface area contributed by atoms with Crippen molar-refractivity contribution in [1.29, 1.82) is 0 Å². The Bertz CT molecular complexity index is 768. The van der Waals surface area contributed by atoms with Gasteiger partial charge in [0.15, 0.2) is 5.13 Å². The molecule has 0 radical (unpaired) electrons. The van der Waals surface area contributed by atoms with Crippen LogP contribution in [-0.2, 0) is 22.5 Å². The number of hydrogen-bond donors (Lipinski definition) is 1. The number of aromatic nitrogens is 3. The Morgan fingerprint density at radius 3 is 2.81 bits per heavy atom. The predicted molar refractivity (Wildman–Crippen MR) is 90.5 cm³/mol. The highest BCUT2D eigenvalue weighted by molar-refractivity contribution is 7.15. The normalized spacial score (nSPS) is 15.3. The van der Waals surface area contributed by atoms with Crippen molar-refractivity contribution < 1.29 is 22.7 Å². The Labute approximate surface area is 151 Å². The number of hydrogen-bond acceptors (Lipinski definition) is 6. The maximum Gasteiger partial charge on any atom is 0.406 e. The lowest BCUT2D eigenvalue weighted by Crippen LogP contribution is -2.36. The van der Waals surface area contributed by atoms with Gasteiger partial charge in [-0.25, -0.2) is 9.97 Å². The molecular weight excluding hydrogens is 371 g/mol. The van der Waals surface area contributed by atoms with E-state index in [-0.39, 0.29) is 12.4 Å². The molecule has 1 N–H and O–H groups in total. The first kappa shape index (κ1) is 18.6. The zero-order valence-electron chi connectivity index (χ0n) is 14.0. The molecule has 0 atom stereocenters. The fourth-order valence-corrected chi connectivity index (χ4v) is 3.65. The summed E-state index contributed by atoms with van der Waals surface area (Å²) in [6, 6.07) is 0. The van der Waals surface area contributed by atoms with E-state index in [4.69, 9.17) is 4.74 Å². The van der Waals surface area contributed by atoms with E-state index in [1.807, 2.05) is 6.92 Å². The third-order valence-corrected chi connectivity index (χ3v) is 5.02. The summed E-state index contributed by atoms with van der Waals surface area (Å²) in [6.45, 7) is 3.37. The first-order chi connectivity index (χ1) is 12.3. The summed E-state index contributed by atoms with van der Waals surface area (Å²) >= 11 is 1.41. The number of halogens is 3. The van der Waals surface area contributed by atoms with Crippen molar-refractivity contribution >= 4 is 28.3 Å². The molecule has 3 rings (SSSR count). The molecule has 2 aromatic rings. The summed E-state index contributed by atoms with van der Waals surface area (Å²) in [6.07, 6.45) is -1.96. The number of aryl methyl sites for hydroxylation is 1. The molecule has 1 saturated heterocycles. The number of nitrogens with one attached hydrogen (secondary N) is 1. The van der Waals surface area contributed by atoms with Crippen LogP contribution < -0.4 is 10.2 Å². The van der Waals surface area contributed by atoms with Gasteiger partial charge in [-0.15, -0.1) is 11.3 Å². The largest absolute Gasteiger partial charge is 0.406 e. The van der Waals surface area contributed by atoms with Crippen molar-refractivity contribution in [3.63, 3.8) is 0 Å². The summed E-state index contributed by atoms with van der Waals surface area (Å²) < 4.78 is 43.8. The lowest BCUT2D eigenvalue weighted by molar-refractivity contribution is -0.140. The highest BCUT2D eigenvalue weighted by Crippen LogP contribution is 2.27. The number of carbonyl (C=O) groups excluding carboxylic acids is 1. The van der Waals surface area contributed by atoms with Gasteiger partial charge >= 0.3 is 6.18 Å². The van der Waals surface area contributed by atoms with E-state index in [0.717, 1.165) is 33.4 Å². The second-order valence-corrected chi connectivity index (χ2v) is 6.89. The quantitative estimate of drug-likeness (QED) is 0.849. The third kappa shape index (κ3) is 4.73. The van der Waals surface area contributed by atoms with Gasteiger partial charge in [0.25, 0.3) is 0 Å². The molecule has 0 spiro atoms. The van der Waals surface area contributed by atoms with Crippen LogP contribution in [0.1, 0.15) is 10.6 Å². The van der Waals surface area contributed by atoms with Crippen LogP contribution in [0.3, 0.4) is 0 Å². The summed E-state index contributed by atoms with van der Waals surface area (Å²) in [4.78, 5) is 23.4. The zero-order valence-corrected chi connectivity index (χ0v) is 14.9.